The Morgan fingerprint density at radius 2 is 1.86 bits per heavy atom. The lowest BCUT2D eigenvalue weighted by Crippen LogP contribution is -2.17. The molecule has 0 amide bonds. The van der Waals surface area contributed by atoms with E-state index in [9.17, 15) is 8.42 Å². The fourth-order valence-electron chi connectivity index (χ4n) is 1.85. The number of hydrogen-bond donors (Lipinski definition) is 1. The Balaban J connectivity index is 1.91. The molecular weight excluding hydrogens is 360 g/mol. The molecule has 21 heavy (non-hydrogen) atoms. The monoisotopic (exact) mass is 370 g/mol. The van der Waals surface area contributed by atoms with Crippen molar-refractivity contribution in [2.45, 2.75) is 4.90 Å². The molecule has 8 heteroatoms. The van der Waals surface area contributed by atoms with E-state index >= 15 is 0 Å². The minimum Gasteiger partial charge on any atom is -0.486 e. The molecule has 0 saturated carbocycles. The summed E-state index contributed by atoms with van der Waals surface area (Å²) in [6, 6.07) is 7.78. The highest BCUT2D eigenvalue weighted by atomic mass is 79.9. The number of nitrogens with one attached hydrogen (secondary N) is 1. The van der Waals surface area contributed by atoms with Crippen LogP contribution in [0.5, 0.6) is 11.5 Å². The second-order valence-electron chi connectivity index (χ2n) is 4.27. The van der Waals surface area contributed by atoms with Crippen LogP contribution in [0.1, 0.15) is 0 Å². The lowest BCUT2D eigenvalue weighted by Gasteiger charge is -2.19. The normalized spacial score (nSPS) is 13.8. The Morgan fingerprint density at radius 3 is 2.62 bits per heavy atom. The molecule has 1 aromatic heterocycles. The third-order valence-corrected chi connectivity index (χ3v) is 4.63. The van der Waals surface area contributed by atoms with Crippen LogP contribution < -0.4 is 14.2 Å². The molecule has 0 unspecified atom stereocenters. The molecule has 0 bridgehead atoms. The highest BCUT2D eigenvalue weighted by Crippen LogP contribution is 2.32. The number of hydrogen-bond acceptors (Lipinski definition) is 5. The molecule has 0 spiro atoms. The van der Waals surface area contributed by atoms with E-state index in [2.05, 4.69) is 25.6 Å². The van der Waals surface area contributed by atoms with Crippen LogP contribution in [-0.4, -0.2) is 26.6 Å². The van der Waals surface area contributed by atoms with Crippen molar-refractivity contribution in [2.24, 2.45) is 0 Å². The highest BCUT2D eigenvalue weighted by molar-refractivity contribution is 9.10. The summed E-state index contributed by atoms with van der Waals surface area (Å²) < 4.78 is 38.6. The smallest absolute Gasteiger partial charge is 0.263 e. The first kappa shape index (κ1) is 14.2. The van der Waals surface area contributed by atoms with Gasteiger partial charge in [0.1, 0.15) is 19.0 Å². The van der Waals surface area contributed by atoms with Crippen molar-refractivity contribution >= 4 is 31.8 Å². The van der Waals surface area contributed by atoms with Crippen molar-refractivity contribution in [1.82, 2.24) is 4.98 Å². The van der Waals surface area contributed by atoms with Gasteiger partial charge in [0.2, 0.25) is 0 Å². The van der Waals surface area contributed by atoms with E-state index in [0.717, 1.165) is 4.47 Å². The number of pyridine rings is 1. The van der Waals surface area contributed by atoms with Crippen molar-refractivity contribution < 1.29 is 17.9 Å². The van der Waals surface area contributed by atoms with Gasteiger partial charge in [0.15, 0.2) is 11.5 Å². The Bertz CT molecular complexity index is 779. The average molecular weight is 371 g/mol. The van der Waals surface area contributed by atoms with Crippen LogP contribution in [0.25, 0.3) is 0 Å². The predicted molar refractivity (Wildman–Crippen MR) is 80.2 cm³/mol. The van der Waals surface area contributed by atoms with Crippen molar-refractivity contribution in [2.75, 3.05) is 17.9 Å². The van der Waals surface area contributed by atoms with Gasteiger partial charge in [0.05, 0.1) is 4.90 Å². The number of halogens is 1. The molecule has 0 fully saturated rings. The molecule has 6 nitrogen and oxygen atoms in total. The van der Waals surface area contributed by atoms with Gasteiger partial charge < -0.3 is 9.47 Å². The topological polar surface area (TPSA) is 77.5 Å². The van der Waals surface area contributed by atoms with Gasteiger partial charge in [-0.3, -0.25) is 4.72 Å². The molecule has 0 saturated heterocycles. The van der Waals surface area contributed by atoms with Gasteiger partial charge in [-0.25, -0.2) is 13.4 Å². The number of aromatic nitrogens is 1. The Hall–Kier alpha value is -1.80. The average Bonchev–Trinajstić information content (AvgIpc) is 2.46. The molecule has 3 rings (SSSR count). The first-order valence-electron chi connectivity index (χ1n) is 6.09. The molecule has 0 radical (unpaired) electrons. The number of ether oxygens (including phenoxy) is 2. The zero-order valence-electron chi connectivity index (χ0n) is 10.7. The second-order valence-corrected chi connectivity index (χ2v) is 6.87. The Kier molecular flexibility index (Phi) is 3.73. The molecule has 0 atom stereocenters. The van der Waals surface area contributed by atoms with Gasteiger partial charge >= 0.3 is 0 Å². The third kappa shape index (κ3) is 3.11. The van der Waals surface area contributed by atoms with Crippen molar-refractivity contribution in [3.05, 3.63) is 41.0 Å². The van der Waals surface area contributed by atoms with Gasteiger partial charge in [-0.1, -0.05) is 15.9 Å². The van der Waals surface area contributed by atoms with E-state index in [1.54, 1.807) is 18.2 Å². The van der Waals surface area contributed by atoms with Gasteiger partial charge in [0.25, 0.3) is 10.0 Å². The third-order valence-electron chi connectivity index (χ3n) is 2.78. The van der Waals surface area contributed by atoms with E-state index in [1.165, 1.54) is 18.3 Å². The highest BCUT2D eigenvalue weighted by Gasteiger charge is 2.19. The zero-order valence-corrected chi connectivity index (χ0v) is 13.1. The first-order chi connectivity index (χ1) is 10.0. The lowest BCUT2D eigenvalue weighted by atomic mass is 10.3. The molecule has 1 N–H and O–H groups in total. The molecule has 2 heterocycles. The van der Waals surface area contributed by atoms with Gasteiger partial charge in [-0.15, -0.1) is 0 Å². The molecule has 2 aromatic rings. The van der Waals surface area contributed by atoms with E-state index in [1.807, 2.05) is 0 Å². The van der Waals surface area contributed by atoms with Crippen molar-refractivity contribution in [1.29, 1.82) is 0 Å². The minimum absolute atomic E-state index is 0.0912. The molecule has 1 aliphatic heterocycles. The molecule has 0 aliphatic carbocycles. The zero-order chi connectivity index (χ0) is 14.9. The number of rotatable bonds is 3. The number of fused-ring (bicyclic) bond motifs is 1. The summed E-state index contributed by atoms with van der Waals surface area (Å²) in [5.74, 6) is 1.20. The van der Waals surface area contributed by atoms with Crippen LogP contribution >= 0.6 is 15.9 Å². The second kappa shape index (κ2) is 5.53. The summed E-state index contributed by atoms with van der Waals surface area (Å²) in [5.41, 5.74) is 0. The van der Waals surface area contributed by atoms with E-state index in [-0.39, 0.29) is 10.7 Å². The first-order valence-corrected chi connectivity index (χ1v) is 8.36. The number of sulfonamides is 1. The number of nitrogens with zero attached hydrogens (tertiary/aromatic N) is 1. The van der Waals surface area contributed by atoms with Gasteiger partial charge in [-0.05, 0) is 24.3 Å². The van der Waals surface area contributed by atoms with Crippen molar-refractivity contribution in [3.8, 4) is 11.5 Å². The Morgan fingerprint density at radius 1 is 1.10 bits per heavy atom. The van der Waals surface area contributed by atoms with E-state index in [4.69, 9.17) is 9.47 Å². The van der Waals surface area contributed by atoms with Crippen LogP contribution in [0.3, 0.4) is 0 Å². The number of benzene rings is 1. The summed E-state index contributed by atoms with van der Waals surface area (Å²) >= 11 is 3.26. The van der Waals surface area contributed by atoms with Crippen LogP contribution in [0.4, 0.5) is 5.82 Å². The summed E-state index contributed by atoms with van der Waals surface area (Å²) in [6.45, 7) is 0.858. The van der Waals surface area contributed by atoms with Gasteiger partial charge in [0, 0.05) is 16.7 Å². The van der Waals surface area contributed by atoms with Crippen LogP contribution in [-0.2, 0) is 10.0 Å². The van der Waals surface area contributed by atoms with E-state index in [0.29, 0.717) is 24.7 Å². The van der Waals surface area contributed by atoms with Gasteiger partial charge in [-0.2, -0.15) is 0 Å². The van der Waals surface area contributed by atoms with Crippen LogP contribution in [0.15, 0.2) is 45.9 Å². The Labute approximate surface area is 130 Å². The molecule has 1 aliphatic rings. The SMILES string of the molecule is O=S(=O)(Nc1cc(Br)ccn1)c1ccc2c(c1)OCCO2. The number of anilines is 1. The summed E-state index contributed by atoms with van der Waals surface area (Å²) in [6.07, 6.45) is 1.51. The summed E-state index contributed by atoms with van der Waals surface area (Å²) in [7, 11) is -3.73. The lowest BCUT2D eigenvalue weighted by molar-refractivity contribution is 0.171. The fourth-order valence-corrected chi connectivity index (χ4v) is 3.20. The molecule has 110 valence electrons. The molecular formula is C13H11BrN2O4S. The van der Waals surface area contributed by atoms with E-state index < -0.39 is 10.0 Å². The maximum Gasteiger partial charge on any atom is 0.263 e. The quantitative estimate of drug-likeness (QED) is 0.897. The van der Waals surface area contributed by atoms with Crippen LogP contribution in [0, 0.1) is 0 Å². The summed E-state index contributed by atoms with van der Waals surface area (Å²) in [4.78, 5) is 4.05. The predicted octanol–water partition coefficient (Wildman–Crippen LogP) is 2.42. The molecule has 1 aromatic carbocycles. The standard InChI is InChI=1S/C13H11BrN2O4S/c14-9-3-4-15-13(7-9)16-21(17,18)10-1-2-11-12(8-10)20-6-5-19-11/h1-4,7-8H,5-6H2,(H,15,16). The minimum atomic E-state index is -3.73. The largest absolute Gasteiger partial charge is 0.486 e. The maximum absolute atomic E-state index is 12.3. The fraction of sp³-hybridized carbons (Fsp3) is 0.154. The van der Waals surface area contributed by atoms with Crippen LogP contribution in [0.2, 0.25) is 0 Å². The maximum atomic E-state index is 12.3. The van der Waals surface area contributed by atoms with Crippen molar-refractivity contribution in [3.63, 3.8) is 0 Å². The summed E-state index contributed by atoms with van der Waals surface area (Å²) in [5, 5.41) is 0.